The molecule has 1 aromatic carbocycles. The Morgan fingerprint density at radius 1 is 0.875 bits per heavy atom. The molecule has 116 valence electrons. The van der Waals surface area contributed by atoms with Crippen molar-refractivity contribution in [1.82, 2.24) is 24.7 Å². The molecular formula is C19H15N5. The van der Waals surface area contributed by atoms with E-state index in [4.69, 9.17) is 5.10 Å². The van der Waals surface area contributed by atoms with Crippen LogP contribution in [0.4, 0.5) is 0 Å². The highest BCUT2D eigenvalue weighted by atomic mass is 15.4. The third-order valence-corrected chi connectivity index (χ3v) is 4.37. The van der Waals surface area contributed by atoms with E-state index >= 15 is 0 Å². The van der Waals surface area contributed by atoms with E-state index in [2.05, 4.69) is 33.2 Å². The molecular weight excluding hydrogens is 298 g/mol. The third kappa shape index (κ3) is 2.17. The minimum absolute atomic E-state index is 0.587. The second-order valence-electron chi connectivity index (χ2n) is 6.08. The number of nitrogens with zero attached hydrogens (tertiary/aromatic N) is 5. The fourth-order valence-electron chi connectivity index (χ4n) is 3.00. The molecule has 1 saturated carbocycles. The first-order valence-electron chi connectivity index (χ1n) is 8.11. The smallest absolute Gasteiger partial charge is 0.251 e. The molecule has 0 unspecified atom stereocenters. The van der Waals surface area contributed by atoms with Crippen molar-refractivity contribution in [3.8, 4) is 17.2 Å². The Morgan fingerprint density at radius 3 is 2.42 bits per heavy atom. The summed E-state index contributed by atoms with van der Waals surface area (Å²) >= 11 is 0. The maximum atomic E-state index is 4.80. The van der Waals surface area contributed by atoms with Crippen molar-refractivity contribution in [2.75, 3.05) is 0 Å². The van der Waals surface area contributed by atoms with Crippen molar-refractivity contribution >= 4 is 10.9 Å². The Labute approximate surface area is 139 Å². The highest BCUT2D eigenvalue weighted by Gasteiger charge is 2.29. The minimum atomic E-state index is 0.587. The molecule has 0 saturated heterocycles. The molecule has 3 aromatic heterocycles. The van der Waals surface area contributed by atoms with Crippen LogP contribution in [0.25, 0.3) is 28.1 Å². The van der Waals surface area contributed by atoms with Gasteiger partial charge in [0.25, 0.3) is 5.95 Å². The Balaban J connectivity index is 1.60. The maximum absolute atomic E-state index is 4.80. The van der Waals surface area contributed by atoms with Gasteiger partial charge in [0.1, 0.15) is 0 Å². The summed E-state index contributed by atoms with van der Waals surface area (Å²) in [6, 6.07) is 14.1. The van der Waals surface area contributed by atoms with Gasteiger partial charge in [-0.3, -0.25) is 4.98 Å². The van der Waals surface area contributed by atoms with Gasteiger partial charge in [-0.1, -0.05) is 24.3 Å². The van der Waals surface area contributed by atoms with Gasteiger partial charge in [-0.2, -0.15) is 9.78 Å². The van der Waals surface area contributed by atoms with E-state index in [9.17, 15) is 0 Å². The number of benzene rings is 1. The molecule has 1 aliphatic carbocycles. The zero-order chi connectivity index (χ0) is 15.9. The van der Waals surface area contributed by atoms with Crippen LogP contribution >= 0.6 is 0 Å². The fraction of sp³-hybridized carbons (Fsp3) is 0.158. The summed E-state index contributed by atoms with van der Waals surface area (Å²) in [5.74, 6) is 1.18. The van der Waals surface area contributed by atoms with Crippen LogP contribution in [0.1, 0.15) is 24.5 Å². The Morgan fingerprint density at radius 2 is 1.67 bits per heavy atom. The second kappa shape index (κ2) is 5.23. The van der Waals surface area contributed by atoms with Gasteiger partial charge in [0.2, 0.25) is 0 Å². The van der Waals surface area contributed by atoms with Crippen molar-refractivity contribution in [2.24, 2.45) is 0 Å². The summed E-state index contributed by atoms with van der Waals surface area (Å²) in [5, 5.41) is 6.01. The minimum Gasteiger partial charge on any atom is -0.256 e. The lowest BCUT2D eigenvalue weighted by atomic mass is 10.1. The van der Waals surface area contributed by atoms with Gasteiger partial charge in [0.05, 0.1) is 16.9 Å². The third-order valence-electron chi connectivity index (χ3n) is 4.37. The van der Waals surface area contributed by atoms with Crippen LogP contribution in [-0.2, 0) is 0 Å². The lowest BCUT2D eigenvalue weighted by Crippen LogP contribution is -2.03. The van der Waals surface area contributed by atoms with Crippen molar-refractivity contribution < 1.29 is 0 Å². The number of aromatic nitrogens is 5. The van der Waals surface area contributed by atoms with Crippen LogP contribution in [0.15, 0.2) is 61.1 Å². The average Bonchev–Trinajstić information content (AvgIpc) is 3.43. The summed E-state index contributed by atoms with van der Waals surface area (Å²) in [5.41, 5.74) is 4.00. The molecule has 0 radical (unpaired) electrons. The van der Waals surface area contributed by atoms with Crippen LogP contribution in [0, 0.1) is 0 Å². The fourth-order valence-corrected chi connectivity index (χ4v) is 3.00. The molecule has 0 atom stereocenters. The van der Waals surface area contributed by atoms with E-state index in [0.717, 1.165) is 16.8 Å². The van der Waals surface area contributed by atoms with Crippen LogP contribution in [0.2, 0.25) is 0 Å². The molecule has 5 nitrogen and oxygen atoms in total. The first kappa shape index (κ1) is 13.4. The molecule has 5 rings (SSSR count). The highest BCUT2D eigenvalue weighted by Crippen LogP contribution is 2.42. The standard InChI is InChI=1S/C19H15N5/c1-2-7-17-15(5-1)18(13-8-9-13)23-24(17)19-21-11-14(12-22-19)16-6-3-4-10-20-16/h1-7,10-13H,8-9H2. The maximum Gasteiger partial charge on any atom is 0.251 e. The molecule has 0 amide bonds. The normalized spacial score (nSPS) is 14.2. The van der Waals surface area contributed by atoms with Gasteiger partial charge in [-0.05, 0) is 31.0 Å². The van der Waals surface area contributed by atoms with Crippen LogP contribution in [-0.4, -0.2) is 24.7 Å². The van der Waals surface area contributed by atoms with Crippen LogP contribution < -0.4 is 0 Å². The van der Waals surface area contributed by atoms with E-state index in [-0.39, 0.29) is 0 Å². The van der Waals surface area contributed by atoms with Crippen LogP contribution in [0.5, 0.6) is 0 Å². The topological polar surface area (TPSA) is 56.5 Å². The quantitative estimate of drug-likeness (QED) is 0.578. The number of hydrogen-bond acceptors (Lipinski definition) is 4. The molecule has 5 heteroatoms. The summed E-state index contributed by atoms with van der Waals surface area (Å²) in [6.07, 6.45) is 7.82. The number of hydrogen-bond donors (Lipinski definition) is 0. The zero-order valence-electron chi connectivity index (χ0n) is 13.0. The molecule has 4 aromatic rings. The van der Waals surface area contributed by atoms with Gasteiger partial charge in [0.15, 0.2) is 0 Å². The van der Waals surface area contributed by atoms with E-state index < -0.39 is 0 Å². The summed E-state index contributed by atoms with van der Waals surface area (Å²) in [4.78, 5) is 13.4. The Kier molecular flexibility index (Phi) is 2.91. The Bertz CT molecular complexity index is 1000. The van der Waals surface area contributed by atoms with Crippen LogP contribution in [0.3, 0.4) is 0 Å². The van der Waals surface area contributed by atoms with Crippen molar-refractivity contribution in [2.45, 2.75) is 18.8 Å². The van der Waals surface area contributed by atoms with E-state index in [1.165, 1.54) is 23.9 Å². The van der Waals surface area contributed by atoms with Crippen molar-refractivity contribution in [3.05, 3.63) is 66.7 Å². The van der Waals surface area contributed by atoms with Gasteiger partial charge in [0, 0.05) is 35.5 Å². The summed E-state index contributed by atoms with van der Waals surface area (Å²) in [7, 11) is 0. The summed E-state index contributed by atoms with van der Waals surface area (Å²) in [6.45, 7) is 0. The largest absolute Gasteiger partial charge is 0.256 e. The first-order chi connectivity index (χ1) is 11.9. The van der Waals surface area contributed by atoms with Gasteiger partial charge < -0.3 is 0 Å². The second-order valence-corrected chi connectivity index (χ2v) is 6.08. The summed E-state index contributed by atoms with van der Waals surface area (Å²) < 4.78 is 1.85. The number of fused-ring (bicyclic) bond motifs is 1. The van der Waals surface area contributed by atoms with Crippen molar-refractivity contribution in [1.29, 1.82) is 0 Å². The molecule has 0 bridgehead atoms. The van der Waals surface area contributed by atoms with Gasteiger partial charge in [-0.15, -0.1) is 0 Å². The van der Waals surface area contributed by atoms with Gasteiger partial charge in [-0.25, -0.2) is 9.97 Å². The molecule has 3 heterocycles. The van der Waals surface area contributed by atoms with E-state index in [1.54, 1.807) is 18.6 Å². The lowest BCUT2D eigenvalue weighted by Gasteiger charge is -2.03. The SMILES string of the molecule is c1ccc(-c2cnc(-n3nc(C4CC4)c4ccccc43)nc2)nc1. The van der Waals surface area contributed by atoms with Crippen molar-refractivity contribution in [3.63, 3.8) is 0 Å². The average molecular weight is 313 g/mol. The monoisotopic (exact) mass is 313 g/mol. The predicted octanol–water partition coefficient (Wildman–Crippen LogP) is 3.75. The van der Waals surface area contributed by atoms with E-state index in [1.807, 2.05) is 28.9 Å². The number of rotatable bonds is 3. The first-order valence-corrected chi connectivity index (χ1v) is 8.11. The highest BCUT2D eigenvalue weighted by molar-refractivity contribution is 5.83. The Hall–Kier alpha value is -3.08. The van der Waals surface area contributed by atoms with Gasteiger partial charge >= 0.3 is 0 Å². The molecule has 1 aliphatic rings. The lowest BCUT2D eigenvalue weighted by molar-refractivity contribution is 0.803. The molecule has 0 aliphatic heterocycles. The van der Waals surface area contributed by atoms with E-state index in [0.29, 0.717) is 11.9 Å². The predicted molar refractivity (Wildman–Crippen MR) is 91.9 cm³/mol. The zero-order valence-corrected chi connectivity index (χ0v) is 13.0. The number of para-hydroxylation sites is 1. The molecule has 0 N–H and O–H groups in total. The molecule has 0 spiro atoms. The number of pyridine rings is 1. The molecule has 24 heavy (non-hydrogen) atoms. The molecule has 1 fully saturated rings.